The molecule has 0 bridgehead atoms. The van der Waals surface area contributed by atoms with E-state index < -0.39 is 0 Å². The minimum atomic E-state index is 0.742. The lowest BCUT2D eigenvalue weighted by molar-refractivity contribution is 0.565. The third kappa shape index (κ3) is 7.06. The normalized spacial score (nSPS) is 11.3. The second-order valence-electron chi connectivity index (χ2n) is 4.66. The summed E-state index contributed by atoms with van der Waals surface area (Å²) in [4.78, 5) is 0. The molecule has 0 saturated carbocycles. The first kappa shape index (κ1) is 13.8. The fourth-order valence-corrected chi connectivity index (χ4v) is 2.80. The molecule has 0 aromatic carbocycles. The highest BCUT2D eigenvalue weighted by molar-refractivity contribution is 7.26. The van der Waals surface area contributed by atoms with Crippen LogP contribution in [-0.4, -0.2) is 4.75 Å². The van der Waals surface area contributed by atoms with Crippen LogP contribution in [0.5, 0.6) is 0 Å². The molecule has 1 unspecified atom stereocenters. The van der Waals surface area contributed by atoms with E-state index >= 15 is 0 Å². The topological polar surface area (TPSA) is 12.9 Å². The molecule has 1 aromatic rings. The average Bonchev–Trinajstić information content (AvgIpc) is 2.80. The van der Waals surface area contributed by atoms with Gasteiger partial charge in [-0.3, -0.25) is 0 Å². The number of aryl methyl sites for hydroxylation is 1. The number of hydrogen-bond acceptors (Lipinski definition) is 1. The summed E-state index contributed by atoms with van der Waals surface area (Å²) in [5.74, 6) is 0. The quantitative estimate of drug-likeness (QED) is 0.512. The summed E-state index contributed by atoms with van der Waals surface area (Å²) >= 11 is 0. The second-order valence-corrected chi connectivity index (χ2v) is 5.78. The number of unbranched alkanes of at least 4 members (excludes halogenated alkanes) is 8. The van der Waals surface area contributed by atoms with Crippen molar-refractivity contribution >= 4 is 8.35 Å². The second kappa shape index (κ2) is 9.90. The molecule has 0 aliphatic heterocycles. The van der Waals surface area contributed by atoms with E-state index in [-0.39, 0.29) is 0 Å². The lowest BCUT2D eigenvalue weighted by atomic mass is 10.1. The lowest BCUT2D eigenvalue weighted by Crippen LogP contribution is -1.83. The molecule has 16 heavy (non-hydrogen) atoms. The SMILES string of the molecule is CCCCCCCCCCCc1ccn[pH]1. The highest BCUT2D eigenvalue weighted by atomic mass is 31.0. The minimum Gasteiger partial charge on any atom is -0.249 e. The molecule has 1 atom stereocenters. The van der Waals surface area contributed by atoms with Crippen LogP contribution in [0, 0.1) is 0 Å². The van der Waals surface area contributed by atoms with Crippen LogP contribution in [0.2, 0.25) is 0 Å². The summed E-state index contributed by atoms with van der Waals surface area (Å²) in [7, 11) is 0.742. The molecular weight excluding hydrogens is 213 g/mol. The fourth-order valence-electron chi connectivity index (χ4n) is 2.05. The predicted molar refractivity (Wildman–Crippen MR) is 74.7 cm³/mol. The smallest absolute Gasteiger partial charge is 0.0312 e. The van der Waals surface area contributed by atoms with E-state index in [1.54, 1.807) is 5.30 Å². The zero-order chi connectivity index (χ0) is 11.5. The third-order valence-electron chi connectivity index (χ3n) is 3.11. The number of hydrogen-bond donors (Lipinski definition) is 0. The Labute approximate surface area is 102 Å². The lowest BCUT2D eigenvalue weighted by Gasteiger charge is -2.01. The monoisotopic (exact) mass is 239 g/mol. The van der Waals surface area contributed by atoms with Crippen molar-refractivity contribution in [2.45, 2.75) is 71.1 Å². The fraction of sp³-hybridized carbons (Fsp3) is 0.786. The largest absolute Gasteiger partial charge is 0.249 e. The molecule has 1 rings (SSSR count). The molecule has 0 radical (unpaired) electrons. The summed E-state index contributed by atoms with van der Waals surface area (Å²) in [6.45, 7) is 2.28. The Morgan fingerprint density at radius 1 is 0.938 bits per heavy atom. The summed E-state index contributed by atoms with van der Waals surface area (Å²) in [5.41, 5.74) is 0. The van der Waals surface area contributed by atoms with E-state index in [1.807, 2.05) is 6.20 Å². The van der Waals surface area contributed by atoms with Crippen LogP contribution in [0.15, 0.2) is 12.3 Å². The number of rotatable bonds is 10. The van der Waals surface area contributed by atoms with Gasteiger partial charge in [-0.15, -0.1) is 0 Å². The van der Waals surface area contributed by atoms with Crippen LogP contribution in [0.4, 0.5) is 0 Å². The Morgan fingerprint density at radius 2 is 1.56 bits per heavy atom. The summed E-state index contributed by atoms with van der Waals surface area (Å²) in [6, 6.07) is 2.20. The maximum atomic E-state index is 4.23. The van der Waals surface area contributed by atoms with E-state index in [9.17, 15) is 0 Å². The Hall–Kier alpha value is -0.290. The zero-order valence-electron chi connectivity index (χ0n) is 10.7. The van der Waals surface area contributed by atoms with Gasteiger partial charge in [0.1, 0.15) is 0 Å². The number of nitrogens with zero attached hydrogens (tertiary/aromatic N) is 1. The average molecular weight is 239 g/mol. The van der Waals surface area contributed by atoms with Crippen LogP contribution in [0.25, 0.3) is 0 Å². The Morgan fingerprint density at radius 3 is 2.12 bits per heavy atom. The van der Waals surface area contributed by atoms with Crippen molar-refractivity contribution in [1.29, 1.82) is 0 Å². The molecule has 1 nitrogen and oxygen atoms in total. The van der Waals surface area contributed by atoms with E-state index in [0.29, 0.717) is 0 Å². The van der Waals surface area contributed by atoms with Crippen molar-refractivity contribution < 1.29 is 0 Å². The van der Waals surface area contributed by atoms with E-state index in [1.165, 1.54) is 64.2 Å². The molecule has 0 spiro atoms. The van der Waals surface area contributed by atoms with E-state index in [0.717, 1.165) is 8.35 Å². The van der Waals surface area contributed by atoms with Crippen molar-refractivity contribution in [2.75, 3.05) is 0 Å². The molecule has 0 saturated heterocycles. The van der Waals surface area contributed by atoms with Crippen LogP contribution in [0.1, 0.15) is 70.0 Å². The summed E-state index contributed by atoms with van der Waals surface area (Å²) < 4.78 is 4.23. The van der Waals surface area contributed by atoms with E-state index in [2.05, 4.69) is 17.7 Å². The van der Waals surface area contributed by atoms with Gasteiger partial charge in [0, 0.05) is 6.20 Å². The van der Waals surface area contributed by atoms with Gasteiger partial charge in [-0.1, -0.05) is 58.3 Å². The van der Waals surface area contributed by atoms with Crippen molar-refractivity contribution in [3.05, 3.63) is 17.6 Å². The van der Waals surface area contributed by atoms with Gasteiger partial charge in [-0.25, -0.2) is 4.75 Å². The van der Waals surface area contributed by atoms with Crippen molar-refractivity contribution in [3.63, 3.8) is 0 Å². The Balaban J connectivity index is 1.78. The molecule has 0 aliphatic carbocycles. The van der Waals surface area contributed by atoms with Gasteiger partial charge in [-0.2, -0.15) is 0 Å². The summed E-state index contributed by atoms with van der Waals surface area (Å²) in [5, 5.41) is 1.56. The molecule has 1 aromatic heterocycles. The zero-order valence-corrected chi connectivity index (χ0v) is 11.7. The van der Waals surface area contributed by atoms with Crippen molar-refractivity contribution in [1.82, 2.24) is 4.75 Å². The molecule has 1 heterocycles. The van der Waals surface area contributed by atoms with Gasteiger partial charge >= 0.3 is 0 Å². The molecular formula is C14H26NP. The maximum absolute atomic E-state index is 4.23. The standard InChI is InChI=1S/C14H26NP/c1-2-3-4-5-6-7-8-9-10-11-14-12-13-15-16-14/h12-13,16H,2-11H2,1H3. The van der Waals surface area contributed by atoms with Gasteiger partial charge in [-0.05, 0) is 32.6 Å². The molecule has 0 fully saturated rings. The highest BCUT2D eigenvalue weighted by Crippen LogP contribution is 2.15. The Kier molecular flexibility index (Phi) is 8.52. The van der Waals surface area contributed by atoms with Crippen molar-refractivity contribution in [2.24, 2.45) is 0 Å². The van der Waals surface area contributed by atoms with Crippen LogP contribution in [-0.2, 0) is 6.42 Å². The minimum absolute atomic E-state index is 0.742. The third-order valence-corrected chi connectivity index (χ3v) is 4.09. The van der Waals surface area contributed by atoms with Gasteiger partial charge in [0.15, 0.2) is 0 Å². The highest BCUT2D eigenvalue weighted by Gasteiger charge is 1.94. The van der Waals surface area contributed by atoms with Gasteiger partial charge in [0.05, 0.1) is 0 Å². The molecule has 0 N–H and O–H groups in total. The van der Waals surface area contributed by atoms with Crippen molar-refractivity contribution in [3.8, 4) is 0 Å². The molecule has 92 valence electrons. The van der Waals surface area contributed by atoms with Crippen LogP contribution < -0.4 is 0 Å². The maximum Gasteiger partial charge on any atom is 0.0312 e. The first-order chi connectivity index (χ1) is 7.93. The molecule has 0 amide bonds. The first-order valence-electron chi connectivity index (χ1n) is 6.91. The molecule has 0 aliphatic rings. The van der Waals surface area contributed by atoms with Crippen LogP contribution >= 0.6 is 8.35 Å². The summed E-state index contributed by atoms with van der Waals surface area (Å²) in [6.07, 6.45) is 16.0. The van der Waals surface area contributed by atoms with Gasteiger partial charge in [0.2, 0.25) is 0 Å². The van der Waals surface area contributed by atoms with Crippen LogP contribution in [0.3, 0.4) is 0 Å². The van der Waals surface area contributed by atoms with Gasteiger partial charge < -0.3 is 0 Å². The first-order valence-corrected chi connectivity index (χ1v) is 7.86. The molecule has 2 heteroatoms. The van der Waals surface area contributed by atoms with Gasteiger partial charge in [0.25, 0.3) is 0 Å². The predicted octanol–water partition coefficient (Wildman–Crippen LogP) is 5.19. The Bertz CT molecular complexity index is 231. The number of aromatic nitrogens is 1. The van der Waals surface area contributed by atoms with E-state index in [4.69, 9.17) is 0 Å².